The van der Waals surface area contributed by atoms with Crippen molar-refractivity contribution in [3.63, 3.8) is 0 Å². The summed E-state index contributed by atoms with van der Waals surface area (Å²) in [5.41, 5.74) is 8.66. The Morgan fingerprint density at radius 2 is 2.05 bits per heavy atom. The molecular weight excluding hydrogens is 575 g/mol. The molecular formula is C28H23ClF3N7O3. The third kappa shape index (κ3) is 3.97. The lowest BCUT2D eigenvalue weighted by molar-refractivity contribution is -0.165. The van der Waals surface area contributed by atoms with Crippen LogP contribution in [0.25, 0.3) is 10.9 Å². The molecule has 1 unspecified atom stereocenters. The Hall–Kier alpha value is -4.39. The number of hydrogen-bond acceptors (Lipinski definition) is 6. The van der Waals surface area contributed by atoms with Crippen LogP contribution in [0.15, 0.2) is 53.5 Å². The molecule has 5 heterocycles. The number of halogens is 4. The molecule has 14 heteroatoms. The van der Waals surface area contributed by atoms with Crippen molar-refractivity contribution in [1.82, 2.24) is 25.0 Å². The van der Waals surface area contributed by atoms with Gasteiger partial charge in [0.2, 0.25) is 11.8 Å². The van der Waals surface area contributed by atoms with Crippen LogP contribution in [0.4, 0.5) is 19.0 Å². The average molecular weight is 598 g/mol. The standard InChI is InChI=1S/C28H23ClF3N7O3/c29-19-4-13-5-21(25(41)38(12-28(30,31)32)11-17(13)16-9-35-37-22(16)19)39-10-15-8-27(7-14(15)6-20(39)23(33)40)18-2-1-3-34-24(18)36-26(27)42/h1-4,6,9,21H,5,7-8,10-12H2,(H2,33,40)(H,35,37)(H,34,36,42)/t21-,27?/m1/s1. The SMILES string of the molecule is NC(=O)C1=CC2=C(CN1[C@@H]1Cc3cc(Cl)c4[nH]ncc4c3CN(CC(F)(F)F)C1=O)CC1(C2)C(=O)Nc2ncccc21. The Labute approximate surface area is 241 Å². The number of pyridine rings is 1. The Morgan fingerprint density at radius 3 is 2.81 bits per heavy atom. The molecule has 4 N–H and O–H groups in total. The zero-order chi connectivity index (χ0) is 29.6. The van der Waals surface area contributed by atoms with Crippen LogP contribution in [0.1, 0.15) is 29.5 Å². The van der Waals surface area contributed by atoms with Gasteiger partial charge < -0.3 is 20.9 Å². The van der Waals surface area contributed by atoms with Gasteiger partial charge in [-0.2, -0.15) is 18.3 Å². The molecule has 4 aliphatic rings. The van der Waals surface area contributed by atoms with Crippen molar-refractivity contribution in [3.8, 4) is 0 Å². The van der Waals surface area contributed by atoms with Gasteiger partial charge in [0.25, 0.3) is 5.91 Å². The number of allylic oxidation sites excluding steroid dienone is 2. The van der Waals surface area contributed by atoms with Gasteiger partial charge in [-0.1, -0.05) is 17.7 Å². The third-order valence-corrected chi connectivity index (χ3v) is 8.98. The number of benzene rings is 1. The quantitative estimate of drug-likeness (QED) is 0.424. The predicted molar refractivity (Wildman–Crippen MR) is 145 cm³/mol. The lowest BCUT2D eigenvalue weighted by Crippen LogP contribution is -2.52. The molecule has 3 aromatic rings. The molecule has 3 aliphatic heterocycles. The third-order valence-electron chi connectivity index (χ3n) is 8.68. The maximum Gasteiger partial charge on any atom is 0.406 e. The maximum absolute atomic E-state index is 13.9. The second-order valence-corrected chi connectivity index (χ2v) is 11.5. The number of H-pyrrole nitrogens is 1. The first kappa shape index (κ1) is 26.5. The van der Waals surface area contributed by atoms with Crippen molar-refractivity contribution >= 4 is 46.0 Å². The molecule has 1 spiro atoms. The summed E-state index contributed by atoms with van der Waals surface area (Å²) in [6.45, 7) is -1.75. The van der Waals surface area contributed by atoms with E-state index in [1.807, 2.05) is 6.07 Å². The summed E-state index contributed by atoms with van der Waals surface area (Å²) in [5.74, 6) is -1.38. The summed E-state index contributed by atoms with van der Waals surface area (Å²) in [5, 5.41) is 10.4. The molecule has 10 nitrogen and oxygen atoms in total. The second-order valence-electron chi connectivity index (χ2n) is 11.1. The van der Waals surface area contributed by atoms with E-state index in [4.69, 9.17) is 17.3 Å². The molecule has 42 heavy (non-hydrogen) atoms. The van der Waals surface area contributed by atoms with Crippen molar-refractivity contribution < 1.29 is 27.6 Å². The number of amides is 3. The highest BCUT2D eigenvalue weighted by atomic mass is 35.5. The molecule has 0 saturated carbocycles. The normalized spacial score (nSPS) is 23.6. The number of rotatable bonds is 3. The van der Waals surface area contributed by atoms with Crippen LogP contribution in [0.3, 0.4) is 0 Å². The van der Waals surface area contributed by atoms with Crippen molar-refractivity contribution in [3.05, 3.63) is 75.2 Å². The number of anilines is 1. The number of nitrogens with two attached hydrogens (primary N) is 1. The van der Waals surface area contributed by atoms with Crippen LogP contribution < -0.4 is 11.1 Å². The summed E-state index contributed by atoms with van der Waals surface area (Å²) in [6, 6.07) is 4.00. The van der Waals surface area contributed by atoms with Crippen LogP contribution in [-0.4, -0.2) is 68.0 Å². The van der Waals surface area contributed by atoms with Gasteiger partial charge in [0.15, 0.2) is 0 Å². The minimum Gasteiger partial charge on any atom is -0.364 e. The molecule has 1 aliphatic carbocycles. The van der Waals surface area contributed by atoms with Gasteiger partial charge >= 0.3 is 6.18 Å². The van der Waals surface area contributed by atoms with Crippen LogP contribution in [0, 0.1) is 0 Å². The molecule has 1 aromatic carbocycles. The number of alkyl halides is 3. The van der Waals surface area contributed by atoms with Crippen molar-refractivity contribution in [2.75, 3.05) is 18.4 Å². The number of carbonyl (C=O) groups is 3. The fourth-order valence-corrected chi connectivity index (χ4v) is 7.12. The Balaban J connectivity index is 1.30. The molecule has 2 atom stereocenters. The van der Waals surface area contributed by atoms with Gasteiger partial charge in [-0.05, 0) is 53.3 Å². The van der Waals surface area contributed by atoms with E-state index in [-0.39, 0.29) is 31.1 Å². The average Bonchev–Trinajstić information content (AvgIpc) is 3.61. The van der Waals surface area contributed by atoms with Crippen LogP contribution in [-0.2, 0) is 32.8 Å². The zero-order valence-corrected chi connectivity index (χ0v) is 22.6. The number of aromatic nitrogens is 3. The molecule has 0 radical (unpaired) electrons. The van der Waals surface area contributed by atoms with Gasteiger partial charge in [0.05, 0.1) is 22.2 Å². The van der Waals surface area contributed by atoms with Crippen molar-refractivity contribution in [2.45, 2.75) is 43.4 Å². The minimum absolute atomic E-state index is 0.000130. The number of nitrogens with one attached hydrogen (secondary N) is 2. The van der Waals surface area contributed by atoms with Gasteiger partial charge in [-0.25, -0.2) is 4.98 Å². The Bertz CT molecular complexity index is 1780. The number of primary amides is 1. The largest absolute Gasteiger partial charge is 0.406 e. The summed E-state index contributed by atoms with van der Waals surface area (Å²) in [4.78, 5) is 46.4. The monoisotopic (exact) mass is 597 g/mol. The molecule has 2 aromatic heterocycles. The van der Waals surface area contributed by atoms with E-state index < -0.39 is 36.0 Å². The summed E-state index contributed by atoms with van der Waals surface area (Å²) < 4.78 is 41.2. The van der Waals surface area contributed by atoms with E-state index >= 15 is 0 Å². The van der Waals surface area contributed by atoms with Crippen LogP contribution >= 0.6 is 11.6 Å². The van der Waals surface area contributed by atoms with E-state index in [1.54, 1.807) is 24.4 Å². The summed E-state index contributed by atoms with van der Waals surface area (Å²) in [6.07, 6.45) is 0.539. The topological polar surface area (TPSA) is 137 Å². The van der Waals surface area contributed by atoms with Crippen molar-refractivity contribution in [2.24, 2.45) is 5.73 Å². The smallest absolute Gasteiger partial charge is 0.364 e. The first-order valence-electron chi connectivity index (χ1n) is 13.2. The minimum atomic E-state index is -4.66. The lowest BCUT2D eigenvalue weighted by atomic mass is 9.78. The second kappa shape index (κ2) is 9.05. The van der Waals surface area contributed by atoms with Gasteiger partial charge in [-0.3, -0.25) is 19.5 Å². The molecule has 0 saturated heterocycles. The van der Waals surface area contributed by atoms with Gasteiger partial charge in [0, 0.05) is 36.7 Å². The number of carbonyl (C=O) groups excluding carboxylic acids is 3. The van der Waals surface area contributed by atoms with E-state index in [2.05, 4.69) is 20.5 Å². The molecule has 3 amide bonds. The zero-order valence-electron chi connectivity index (χ0n) is 21.9. The van der Waals surface area contributed by atoms with Crippen LogP contribution in [0.2, 0.25) is 5.02 Å². The maximum atomic E-state index is 13.9. The fraction of sp³-hybridized carbons (Fsp3) is 0.321. The molecule has 0 bridgehead atoms. The Kier molecular flexibility index (Phi) is 5.71. The highest BCUT2D eigenvalue weighted by Crippen LogP contribution is 2.52. The van der Waals surface area contributed by atoms with Crippen molar-refractivity contribution in [1.29, 1.82) is 0 Å². The molecule has 7 rings (SSSR count). The van der Waals surface area contributed by atoms with E-state index in [0.29, 0.717) is 45.7 Å². The highest BCUT2D eigenvalue weighted by Gasteiger charge is 2.53. The van der Waals surface area contributed by atoms with Gasteiger partial charge in [0.1, 0.15) is 24.1 Å². The highest BCUT2D eigenvalue weighted by molar-refractivity contribution is 6.35. The molecule has 216 valence electrons. The fourth-order valence-electron chi connectivity index (χ4n) is 6.84. The summed E-state index contributed by atoms with van der Waals surface area (Å²) in [7, 11) is 0. The van der Waals surface area contributed by atoms with E-state index in [9.17, 15) is 27.6 Å². The van der Waals surface area contributed by atoms with Gasteiger partial charge in [-0.15, -0.1) is 0 Å². The number of hydrogen-bond donors (Lipinski definition) is 3. The van der Waals surface area contributed by atoms with E-state index in [0.717, 1.165) is 21.6 Å². The number of aromatic amines is 1. The first-order chi connectivity index (χ1) is 19.9. The first-order valence-corrected chi connectivity index (χ1v) is 13.6. The number of nitrogens with zero attached hydrogens (tertiary/aromatic N) is 4. The lowest BCUT2D eigenvalue weighted by Gasteiger charge is -2.37. The molecule has 0 fully saturated rings. The van der Waals surface area contributed by atoms with E-state index in [1.165, 1.54) is 11.1 Å². The summed E-state index contributed by atoms with van der Waals surface area (Å²) >= 11 is 6.48. The Morgan fingerprint density at radius 1 is 1.24 bits per heavy atom. The number of fused-ring (bicyclic) bond motifs is 5. The predicted octanol–water partition coefficient (Wildman–Crippen LogP) is 3.09. The van der Waals surface area contributed by atoms with Crippen LogP contribution in [0.5, 0.6) is 0 Å².